The lowest BCUT2D eigenvalue weighted by Crippen LogP contribution is -2.41. The van der Waals surface area contributed by atoms with Gasteiger partial charge in [-0.1, -0.05) is 47.5 Å². The molecule has 6 heteroatoms. The van der Waals surface area contributed by atoms with Crippen molar-refractivity contribution in [1.29, 1.82) is 0 Å². The minimum Gasteiger partial charge on any atom is -0.487 e. The van der Waals surface area contributed by atoms with Crippen molar-refractivity contribution < 1.29 is 14.0 Å². The molecule has 1 aliphatic rings. The standard InChI is InChI=1S/C19H21BCl2O3/c1-18(2)19(3,4)25-20(24-18)15-8-6-5-7-13(15)12-23-17-10-9-14(21)11-16(17)22/h5-11H,12H2,1-4H3. The van der Waals surface area contributed by atoms with Crippen LogP contribution in [0.2, 0.25) is 10.0 Å². The van der Waals surface area contributed by atoms with Crippen molar-refractivity contribution in [2.45, 2.75) is 45.5 Å². The first kappa shape index (κ1) is 18.6. The Hall–Kier alpha value is -1.20. The number of benzene rings is 2. The van der Waals surface area contributed by atoms with Gasteiger partial charge in [0.2, 0.25) is 0 Å². The second-order valence-electron chi connectivity index (χ2n) is 7.15. The van der Waals surface area contributed by atoms with Crippen molar-refractivity contribution in [2.75, 3.05) is 0 Å². The van der Waals surface area contributed by atoms with E-state index in [-0.39, 0.29) is 11.2 Å². The summed E-state index contributed by atoms with van der Waals surface area (Å²) < 4.78 is 18.2. The topological polar surface area (TPSA) is 27.7 Å². The van der Waals surface area contributed by atoms with Crippen LogP contribution < -0.4 is 10.2 Å². The molecule has 2 aromatic rings. The highest BCUT2D eigenvalue weighted by Gasteiger charge is 2.52. The third-order valence-electron chi connectivity index (χ3n) is 4.84. The van der Waals surface area contributed by atoms with Crippen LogP contribution in [-0.4, -0.2) is 18.3 Å². The van der Waals surface area contributed by atoms with Crippen LogP contribution in [0.3, 0.4) is 0 Å². The maximum absolute atomic E-state index is 6.18. The first-order chi connectivity index (χ1) is 11.7. The summed E-state index contributed by atoms with van der Waals surface area (Å²) in [6.07, 6.45) is 0. The fourth-order valence-corrected chi connectivity index (χ4v) is 3.08. The number of rotatable bonds is 4. The highest BCUT2D eigenvalue weighted by molar-refractivity contribution is 6.62. The van der Waals surface area contributed by atoms with Crippen LogP contribution in [0.5, 0.6) is 5.75 Å². The molecule has 3 nitrogen and oxygen atoms in total. The van der Waals surface area contributed by atoms with Crippen molar-refractivity contribution in [1.82, 2.24) is 0 Å². The summed E-state index contributed by atoms with van der Waals surface area (Å²) in [6, 6.07) is 13.1. The Morgan fingerprint density at radius 1 is 0.960 bits per heavy atom. The normalized spacial score (nSPS) is 18.4. The van der Waals surface area contributed by atoms with Crippen LogP contribution in [0.25, 0.3) is 0 Å². The van der Waals surface area contributed by atoms with Crippen molar-refractivity contribution in [3.8, 4) is 5.75 Å². The average Bonchev–Trinajstić information content (AvgIpc) is 2.75. The van der Waals surface area contributed by atoms with Crippen LogP contribution in [0.4, 0.5) is 0 Å². The summed E-state index contributed by atoms with van der Waals surface area (Å²) in [7, 11) is -0.425. The number of hydrogen-bond acceptors (Lipinski definition) is 3. The maximum atomic E-state index is 6.18. The second-order valence-corrected chi connectivity index (χ2v) is 7.99. The monoisotopic (exact) mass is 378 g/mol. The Bertz CT molecular complexity index is 761. The Balaban J connectivity index is 1.80. The van der Waals surface area contributed by atoms with Gasteiger partial charge in [-0.3, -0.25) is 0 Å². The molecule has 0 spiro atoms. The predicted molar refractivity (Wildman–Crippen MR) is 103 cm³/mol. The van der Waals surface area contributed by atoms with E-state index in [1.807, 2.05) is 52.0 Å². The van der Waals surface area contributed by atoms with Crippen molar-refractivity contribution in [2.24, 2.45) is 0 Å². The zero-order valence-electron chi connectivity index (χ0n) is 14.8. The zero-order chi connectivity index (χ0) is 18.2. The maximum Gasteiger partial charge on any atom is 0.495 e. The molecular formula is C19H21BCl2O3. The molecule has 1 saturated heterocycles. The molecule has 0 bridgehead atoms. The lowest BCUT2D eigenvalue weighted by atomic mass is 9.76. The van der Waals surface area contributed by atoms with E-state index in [1.165, 1.54) is 0 Å². The summed E-state index contributed by atoms with van der Waals surface area (Å²) in [5, 5.41) is 1.07. The molecule has 0 radical (unpaired) electrons. The van der Waals surface area contributed by atoms with Gasteiger partial charge in [0.25, 0.3) is 0 Å². The molecule has 0 atom stereocenters. The van der Waals surface area contributed by atoms with E-state index in [2.05, 4.69) is 0 Å². The number of ether oxygens (including phenoxy) is 1. The Morgan fingerprint density at radius 2 is 1.60 bits per heavy atom. The molecule has 3 rings (SSSR count). The molecule has 1 heterocycles. The molecule has 0 amide bonds. The Morgan fingerprint density at radius 3 is 2.24 bits per heavy atom. The second kappa shape index (κ2) is 6.84. The lowest BCUT2D eigenvalue weighted by molar-refractivity contribution is 0.00578. The molecule has 25 heavy (non-hydrogen) atoms. The zero-order valence-corrected chi connectivity index (χ0v) is 16.3. The minimum absolute atomic E-state index is 0.363. The van der Waals surface area contributed by atoms with E-state index >= 15 is 0 Å². The molecule has 0 aromatic heterocycles. The van der Waals surface area contributed by atoms with Gasteiger partial charge in [-0.25, -0.2) is 0 Å². The van der Waals surface area contributed by atoms with Crippen LogP contribution >= 0.6 is 23.2 Å². The fourth-order valence-electron chi connectivity index (χ4n) is 2.61. The van der Waals surface area contributed by atoms with Gasteiger partial charge in [-0.2, -0.15) is 0 Å². The van der Waals surface area contributed by atoms with Gasteiger partial charge < -0.3 is 14.0 Å². The van der Waals surface area contributed by atoms with Crippen molar-refractivity contribution in [3.63, 3.8) is 0 Å². The molecule has 0 aliphatic carbocycles. The summed E-state index contributed by atoms with van der Waals surface area (Å²) in [4.78, 5) is 0. The van der Waals surface area contributed by atoms with Crippen LogP contribution in [0.1, 0.15) is 33.3 Å². The summed E-state index contributed by atoms with van der Waals surface area (Å²) in [5.41, 5.74) is 1.19. The quantitative estimate of drug-likeness (QED) is 0.710. The molecule has 1 aliphatic heterocycles. The van der Waals surface area contributed by atoms with Gasteiger partial charge in [0.15, 0.2) is 0 Å². The summed E-state index contributed by atoms with van der Waals surface area (Å²) in [6.45, 7) is 8.53. The van der Waals surface area contributed by atoms with E-state index in [0.717, 1.165) is 11.0 Å². The lowest BCUT2D eigenvalue weighted by Gasteiger charge is -2.32. The molecule has 0 N–H and O–H groups in total. The minimum atomic E-state index is -0.425. The van der Waals surface area contributed by atoms with E-state index in [4.69, 9.17) is 37.2 Å². The molecule has 2 aromatic carbocycles. The van der Waals surface area contributed by atoms with Crippen LogP contribution in [-0.2, 0) is 15.9 Å². The number of hydrogen-bond donors (Lipinski definition) is 0. The third kappa shape index (κ3) is 3.82. The van der Waals surface area contributed by atoms with Gasteiger partial charge in [-0.15, -0.1) is 0 Å². The highest BCUT2D eigenvalue weighted by Crippen LogP contribution is 2.36. The molecular weight excluding hydrogens is 358 g/mol. The van der Waals surface area contributed by atoms with E-state index < -0.39 is 7.12 Å². The fraction of sp³-hybridized carbons (Fsp3) is 0.368. The van der Waals surface area contributed by atoms with Crippen LogP contribution in [0.15, 0.2) is 42.5 Å². The van der Waals surface area contributed by atoms with Crippen LogP contribution in [0, 0.1) is 0 Å². The third-order valence-corrected chi connectivity index (χ3v) is 5.37. The highest BCUT2D eigenvalue weighted by atomic mass is 35.5. The average molecular weight is 379 g/mol. The SMILES string of the molecule is CC1(C)OB(c2ccccc2COc2ccc(Cl)cc2Cl)OC1(C)C. The molecule has 132 valence electrons. The largest absolute Gasteiger partial charge is 0.495 e. The summed E-state index contributed by atoms with van der Waals surface area (Å²) >= 11 is 12.1. The van der Waals surface area contributed by atoms with Gasteiger partial charge in [0.1, 0.15) is 12.4 Å². The number of halogens is 2. The van der Waals surface area contributed by atoms with Crippen molar-refractivity contribution in [3.05, 3.63) is 58.1 Å². The molecule has 0 saturated carbocycles. The van der Waals surface area contributed by atoms with Gasteiger partial charge in [-0.05, 0) is 56.9 Å². The Labute approximate surface area is 159 Å². The first-order valence-corrected chi connectivity index (χ1v) is 8.96. The van der Waals surface area contributed by atoms with E-state index in [9.17, 15) is 0 Å². The van der Waals surface area contributed by atoms with Gasteiger partial charge in [0, 0.05) is 5.02 Å². The van der Waals surface area contributed by atoms with Crippen molar-refractivity contribution >= 4 is 35.8 Å². The smallest absolute Gasteiger partial charge is 0.487 e. The first-order valence-electron chi connectivity index (χ1n) is 8.21. The van der Waals surface area contributed by atoms with Gasteiger partial charge in [0.05, 0.1) is 16.2 Å². The Kier molecular flexibility index (Phi) is 5.09. The summed E-state index contributed by atoms with van der Waals surface area (Å²) in [5.74, 6) is 0.592. The van der Waals surface area contributed by atoms with E-state index in [0.29, 0.717) is 22.4 Å². The van der Waals surface area contributed by atoms with Gasteiger partial charge >= 0.3 is 7.12 Å². The molecule has 1 fully saturated rings. The predicted octanol–water partition coefficient (Wildman–Crippen LogP) is 4.87. The molecule has 0 unspecified atom stereocenters. The van der Waals surface area contributed by atoms with E-state index in [1.54, 1.807) is 18.2 Å².